The molecule has 5 rings (SSSR count). The Labute approximate surface area is 222 Å². The minimum absolute atomic E-state index is 0.0230. The standard InChI is InChI=1S/C24H31BrN6O4S/c1-2-9-26-21(33)17-18-23(35)30(10-5-6-11-32)20(24(18)12-14(25)19(17)36-24)22(34)27-13-31-16-8-4-3-7-15(16)28-29-31/h3-4,7-8,14,17-20,32H,2,5-6,9-13H2,1H3,(H,26,33)(H,27,34)/t14?,17-,18-,19-,20?,24?/m0/s1. The lowest BCUT2D eigenvalue weighted by atomic mass is 9.70. The van der Waals surface area contributed by atoms with Gasteiger partial charge in [0.15, 0.2) is 0 Å². The monoisotopic (exact) mass is 578 g/mol. The first kappa shape index (κ1) is 25.5. The molecular weight excluding hydrogens is 548 g/mol. The molecule has 10 nitrogen and oxygen atoms in total. The number of carbonyl (C=O) groups excluding carboxylic acids is 3. The van der Waals surface area contributed by atoms with Crippen LogP contribution in [0.15, 0.2) is 24.3 Å². The highest BCUT2D eigenvalue weighted by Crippen LogP contribution is 2.67. The van der Waals surface area contributed by atoms with E-state index in [1.54, 1.807) is 21.3 Å². The third-order valence-electron chi connectivity index (χ3n) is 7.52. The molecule has 1 spiro atoms. The topological polar surface area (TPSA) is 129 Å². The lowest BCUT2D eigenvalue weighted by molar-refractivity contribution is -0.140. The number of aliphatic hydroxyl groups excluding tert-OH is 1. The van der Waals surface area contributed by atoms with Gasteiger partial charge in [-0.15, -0.1) is 16.9 Å². The van der Waals surface area contributed by atoms with Gasteiger partial charge in [-0.2, -0.15) is 0 Å². The van der Waals surface area contributed by atoms with Crippen LogP contribution >= 0.6 is 27.7 Å². The number of aliphatic hydroxyl groups is 1. The Kier molecular flexibility index (Phi) is 7.28. The molecule has 2 bridgehead atoms. The van der Waals surface area contributed by atoms with Gasteiger partial charge < -0.3 is 20.6 Å². The second-order valence-corrected chi connectivity index (χ2v) is 12.4. The van der Waals surface area contributed by atoms with E-state index in [1.165, 1.54) is 0 Å². The van der Waals surface area contributed by atoms with Crippen molar-refractivity contribution in [1.29, 1.82) is 0 Å². The van der Waals surface area contributed by atoms with Gasteiger partial charge in [-0.3, -0.25) is 14.4 Å². The first-order valence-electron chi connectivity index (χ1n) is 12.5. The number of rotatable bonds is 10. The number of likely N-dealkylation sites (tertiary alicyclic amines) is 1. The largest absolute Gasteiger partial charge is 0.396 e. The van der Waals surface area contributed by atoms with Crippen molar-refractivity contribution in [3.05, 3.63) is 24.3 Å². The van der Waals surface area contributed by atoms with Gasteiger partial charge in [0.05, 0.1) is 22.1 Å². The van der Waals surface area contributed by atoms with Crippen LogP contribution in [-0.2, 0) is 21.1 Å². The Hall–Kier alpha value is -2.18. The molecule has 194 valence electrons. The highest BCUT2D eigenvalue weighted by Gasteiger charge is 2.75. The molecule has 4 heterocycles. The number of thioether (sulfide) groups is 1. The molecule has 0 saturated carbocycles. The van der Waals surface area contributed by atoms with Gasteiger partial charge in [-0.1, -0.05) is 40.2 Å². The van der Waals surface area contributed by atoms with Crippen LogP contribution in [0.2, 0.25) is 0 Å². The smallest absolute Gasteiger partial charge is 0.245 e. The fourth-order valence-electron chi connectivity index (χ4n) is 6.01. The number of halogens is 1. The molecule has 3 aliphatic heterocycles. The number of benzene rings is 1. The molecule has 6 atom stereocenters. The summed E-state index contributed by atoms with van der Waals surface area (Å²) in [7, 11) is 0. The number of carbonyl (C=O) groups is 3. The molecule has 3 saturated heterocycles. The van der Waals surface area contributed by atoms with Crippen LogP contribution in [0, 0.1) is 11.8 Å². The summed E-state index contributed by atoms with van der Waals surface area (Å²) in [6.07, 6.45) is 2.57. The van der Waals surface area contributed by atoms with Gasteiger partial charge in [-0.25, -0.2) is 4.68 Å². The maximum absolute atomic E-state index is 13.8. The second-order valence-electron chi connectivity index (χ2n) is 9.69. The molecule has 3 fully saturated rings. The van der Waals surface area contributed by atoms with Crippen LogP contribution in [-0.4, -0.2) is 83.3 Å². The summed E-state index contributed by atoms with van der Waals surface area (Å²) >= 11 is 5.39. The Morgan fingerprint density at radius 2 is 2.06 bits per heavy atom. The van der Waals surface area contributed by atoms with Crippen molar-refractivity contribution < 1.29 is 19.5 Å². The average molecular weight is 580 g/mol. The van der Waals surface area contributed by atoms with E-state index in [2.05, 4.69) is 36.9 Å². The average Bonchev–Trinajstić information content (AvgIpc) is 3.59. The van der Waals surface area contributed by atoms with Crippen LogP contribution in [0.3, 0.4) is 0 Å². The number of nitrogens with one attached hydrogen (secondary N) is 2. The van der Waals surface area contributed by atoms with Crippen molar-refractivity contribution in [2.75, 3.05) is 19.7 Å². The number of alkyl halides is 1. The second kappa shape index (κ2) is 10.3. The summed E-state index contributed by atoms with van der Waals surface area (Å²) in [4.78, 5) is 42.5. The summed E-state index contributed by atoms with van der Waals surface area (Å²) < 4.78 is 0.945. The van der Waals surface area contributed by atoms with E-state index in [0.29, 0.717) is 32.4 Å². The number of unbranched alkanes of at least 4 members (excludes halogenated alkanes) is 1. The third kappa shape index (κ3) is 4.10. The molecule has 3 amide bonds. The minimum atomic E-state index is -0.706. The summed E-state index contributed by atoms with van der Waals surface area (Å²) in [6.45, 7) is 3.07. The first-order chi connectivity index (χ1) is 17.4. The van der Waals surface area contributed by atoms with Gasteiger partial charge >= 0.3 is 0 Å². The summed E-state index contributed by atoms with van der Waals surface area (Å²) in [5, 5.41) is 23.5. The van der Waals surface area contributed by atoms with Gasteiger partial charge in [0.25, 0.3) is 0 Å². The maximum atomic E-state index is 13.8. The van der Waals surface area contributed by atoms with Crippen LogP contribution in [0.1, 0.15) is 32.6 Å². The quantitative estimate of drug-likeness (QED) is 0.286. The predicted octanol–water partition coefficient (Wildman–Crippen LogP) is 1.27. The Bertz CT molecular complexity index is 1160. The zero-order chi connectivity index (χ0) is 25.4. The van der Waals surface area contributed by atoms with E-state index >= 15 is 0 Å². The molecule has 2 aromatic rings. The molecule has 1 aromatic carbocycles. The van der Waals surface area contributed by atoms with Gasteiger partial charge in [0.2, 0.25) is 17.7 Å². The highest BCUT2D eigenvalue weighted by molar-refractivity contribution is 9.09. The van der Waals surface area contributed by atoms with E-state index in [-0.39, 0.29) is 41.1 Å². The van der Waals surface area contributed by atoms with Gasteiger partial charge in [-0.05, 0) is 37.8 Å². The Balaban J connectivity index is 1.43. The summed E-state index contributed by atoms with van der Waals surface area (Å²) in [6, 6.07) is 6.81. The van der Waals surface area contributed by atoms with Crippen molar-refractivity contribution in [3.63, 3.8) is 0 Å². The molecule has 3 unspecified atom stereocenters. The van der Waals surface area contributed by atoms with Gasteiger partial charge in [0.1, 0.15) is 18.2 Å². The maximum Gasteiger partial charge on any atom is 0.245 e. The Morgan fingerprint density at radius 1 is 1.25 bits per heavy atom. The van der Waals surface area contributed by atoms with E-state index in [4.69, 9.17) is 0 Å². The molecule has 36 heavy (non-hydrogen) atoms. The van der Waals surface area contributed by atoms with Crippen LogP contribution in [0.5, 0.6) is 0 Å². The lowest BCUT2D eigenvalue weighted by Crippen LogP contribution is -2.55. The van der Waals surface area contributed by atoms with Crippen LogP contribution in [0.25, 0.3) is 11.0 Å². The van der Waals surface area contributed by atoms with Crippen LogP contribution < -0.4 is 10.6 Å². The third-order valence-corrected chi connectivity index (χ3v) is 10.7. The minimum Gasteiger partial charge on any atom is -0.396 e. The predicted molar refractivity (Wildman–Crippen MR) is 139 cm³/mol. The molecule has 0 aliphatic carbocycles. The zero-order valence-electron chi connectivity index (χ0n) is 20.1. The number of aromatic nitrogens is 3. The normalized spacial score (nSPS) is 30.7. The number of amides is 3. The SMILES string of the molecule is CCCNC(=O)[C@H]1[C@H]2C(=O)N(CCCCO)C(C(=O)NCn3nnc4ccccc43)C23CC(Br)[C@@H]1S3. The molecular formula is C24H31BrN6O4S. The van der Waals surface area contributed by atoms with E-state index < -0.39 is 22.6 Å². The van der Waals surface area contributed by atoms with Crippen molar-refractivity contribution in [3.8, 4) is 0 Å². The molecule has 1 aromatic heterocycles. The van der Waals surface area contributed by atoms with Crippen molar-refractivity contribution in [2.45, 2.75) is 60.1 Å². The van der Waals surface area contributed by atoms with E-state index in [0.717, 1.165) is 17.5 Å². The zero-order valence-corrected chi connectivity index (χ0v) is 22.5. The fraction of sp³-hybridized carbons (Fsp3) is 0.625. The summed E-state index contributed by atoms with van der Waals surface area (Å²) in [5.74, 6) is -1.52. The molecule has 0 radical (unpaired) electrons. The number of nitrogens with zero attached hydrogens (tertiary/aromatic N) is 4. The van der Waals surface area contributed by atoms with E-state index in [1.807, 2.05) is 31.2 Å². The van der Waals surface area contributed by atoms with Crippen molar-refractivity contribution >= 4 is 56.4 Å². The van der Waals surface area contributed by atoms with Crippen molar-refractivity contribution in [1.82, 2.24) is 30.5 Å². The highest BCUT2D eigenvalue weighted by atomic mass is 79.9. The molecule has 3 N–H and O–H groups in total. The van der Waals surface area contributed by atoms with E-state index in [9.17, 15) is 19.5 Å². The Morgan fingerprint density at radius 3 is 2.83 bits per heavy atom. The van der Waals surface area contributed by atoms with Gasteiger partial charge in [0, 0.05) is 29.8 Å². The number of fused-ring (bicyclic) bond motifs is 2. The lowest BCUT2D eigenvalue weighted by Gasteiger charge is -2.35. The fourth-order valence-corrected chi connectivity index (χ4v) is 9.63. The van der Waals surface area contributed by atoms with Crippen LogP contribution in [0.4, 0.5) is 0 Å². The number of hydrogen-bond acceptors (Lipinski definition) is 7. The molecule has 12 heteroatoms. The first-order valence-corrected chi connectivity index (χ1v) is 14.3. The van der Waals surface area contributed by atoms with Crippen molar-refractivity contribution in [2.24, 2.45) is 11.8 Å². The molecule has 3 aliphatic rings. The number of hydrogen-bond donors (Lipinski definition) is 3. The summed E-state index contributed by atoms with van der Waals surface area (Å²) in [5.41, 5.74) is 1.54. The number of para-hydroxylation sites is 1.